The summed E-state index contributed by atoms with van der Waals surface area (Å²) in [7, 11) is 1.90. The van der Waals surface area contributed by atoms with Crippen LogP contribution < -0.4 is 5.32 Å². The molecular formula is C15H16ClN5. The SMILES string of the molecule is CCNC(c1ccc2nccnc2c1)c1c(Cl)cnn1C. The molecule has 0 spiro atoms. The molecule has 3 aromatic rings. The molecule has 0 fully saturated rings. The fourth-order valence-corrected chi connectivity index (χ4v) is 2.76. The summed E-state index contributed by atoms with van der Waals surface area (Å²) in [5.74, 6) is 0. The van der Waals surface area contributed by atoms with Gasteiger partial charge in [0.1, 0.15) is 0 Å². The average Bonchev–Trinajstić information content (AvgIpc) is 2.84. The molecule has 21 heavy (non-hydrogen) atoms. The Morgan fingerprint density at radius 1 is 1.24 bits per heavy atom. The Labute approximate surface area is 128 Å². The minimum Gasteiger partial charge on any atom is -0.305 e. The number of nitrogens with one attached hydrogen (secondary N) is 1. The van der Waals surface area contributed by atoms with Crippen molar-refractivity contribution in [1.29, 1.82) is 0 Å². The predicted molar refractivity (Wildman–Crippen MR) is 83.3 cm³/mol. The maximum absolute atomic E-state index is 6.29. The number of fused-ring (bicyclic) bond motifs is 1. The van der Waals surface area contributed by atoms with Gasteiger partial charge in [0.2, 0.25) is 0 Å². The largest absolute Gasteiger partial charge is 0.305 e. The van der Waals surface area contributed by atoms with Crippen LogP contribution in [0.2, 0.25) is 5.02 Å². The van der Waals surface area contributed by atoms with E-state index in [0.717, 1.165) is 28.8 Å². The molecule has 0 bridgehead atoms. The lowest BCUT2D eigenvalue weighted by atomic mass is 10.0. The van der Waals surface area contributed by atoms with Crippen LogP contribution in [-0.4, -0.2) is 26.3 Å². The van der Waals surface area contributed by atoms with Crippen LogP contribution in [-0.2, 0) is 7.05 Å². The summed E-state index contributed by atoms with van der Waals surface area (Å²) in [6, 6.07) is 6.04. The van der Waals surface area contributed by atoms with Gasteiger partial charge < -0.3 is 5.32 Å². The van der Waals surface area contributed by atoms with Gasteiger partial charge in [-0.15, -0.1) is 0 Å². The number of aryl methyl sites for hydroxylation is 1. The maximum Gasteiger partial charge on any atom is 0.0890 e. The van der Waals surface area contributed by atoms with E-state index in [2.05, 4.69) is 27.3 Å². The van der Waals surface area contributed by atoms with Gasteiger partial charge >= 0.3 is 0 Å². The van der Waals surface area contributed by atoms with E-state index in [1.807, 2.05) is 25.2 Å². The summed E-state index contributed by atoms with van der Waals surface area (Å²) in [6.45, 7) is 2.89. The fraction of sp³-hybridized carbons (Fsp3) is 0.267. The van der Waals surface area contributed by atoms with Crippen molar-refractivity contribution in [2.45, 2.75) is 13.0 Å². The molecule has 1 N–H and O–H groups in total. The van der Waals surface area contributed by atoms with E-state index >= 15 is 0 Å². The van der Waals surface area contributed by atoms with E-state index in [0.29, 0.717) is 5.02 Å². The Bertz CT molecular complexity index is 748. The number of nitrogens with zero attached hydrogens (tertiary/aromatic N) is 4. The van der Waals surface area contributed by atoms with Gasteiger partial charge in [-0.1, -0.05) is 24.6 Å². The molecule has 2 heterocycles. The summed E-state index contributed by atoms with van der Waals surface area (Å²) < 4.78 is 1.80. The molecule has 5 nitrogen and oxygen atoms in total. The van der Waals surface area contributed by atoms with Gasteiger partial charge in [-0.2, -0.15) is 5.10 Å². The zero-order chi connectivity index (χ0) is 14.8. The molecule has 1 atom stereocenters. The first-order valence-corrected chi connectivity index (χ1v) is 7.20. The number of hydrogen-bond donors (Lipinski definition) is 1. The molecule has 3 rings (SSSR count). The zero-order valence-electron chi connectivity index (χ0n) is 11.9. The van der Waals surface area contributed by atoms with Crippen molar-refractivity contribution in [3.05, 3.63) is 53.1 Å². The number of benzene rings is 1. The molecule has 0 aliphatic heterocycles. The van der Waals surface area contributed by atoms with Crippen molar-refractivity contribution >= 4 is 22.6 Å². The van der Waals surface area contributed by atoms with E-state index in [4.69, 9.17) is 11.6 Å². The Morgan fingerprint density at radius 3 is 2.67 bits per heavy atom. The lowest BCUT2D eigenvalue weighted by Gasteiger charge is -2.19. The highest BCUT2D eigenvalue weighted by molar-refractivity contribution is 6.31. The maximum atomic E-state index is 6.29. The highest BCUT2D eigenvalue weighted by atomic mass is 35.5. The number of rotatable bonds is 4. The van der Waals surface area contributed by atoms with E-state index in [9.17, 15) is 0 Å². The smallest absolute Gasteiger partial charge is 0.0890 e. The summed E-state index contributed by atoms with van der Waals surface area (Å²) >= 11 is 6.29. The van der Waals surface area contributed by atoms with Crippen molar-refractivity contribution in [1.82, 2.24) is 25.1 Å². The molecule has 1 aromatic carbocycles. The number of halogens is 1. The van der Waals surface area contributed by atoms with Crippen LogP contribution in [0, 0.1) is 0 Å². The van der Waals surface area contributed by atoms with Crippen LogP contribution in [0.25, 0.3) is 11.0 Å². The van der Waals surface area contributed by atoms with Gasteiger partial charge in [0.15, 0.2) is 0 Å². The normalized spacial score (nSPS) is 12.7. The van der Waals surface area contributed by atoms with E-state index in [-0.39, 0.29) is 6.04 Å². The molecular weight excluding hydrogens is 286 g/mol. The second-order valence-corrected chi connectivity index (χ2v) is 5.20. The fourth-order valence-electron chi connectivity index (χ4n) is 2.48. The van der Waals surface area contributed by atoms with Gasteiger partial charge in [0, 0.05) is 19.4 Å². The number of hydrogen-bond acceptors (Lipinski definition) is 4. The summed E-state index contributed by atoms with van der Waals surface area (Å²) in [4.78, 5) is 8.66. The highest BCUT2D eigenvalue weighted by Gasteiger charge is 2.20. The van der Waals surface area contributed by atoms with Crippen LogP contribution in [0.4, 0.5) is 0 Å². The third-order valence-corrected chi connectivity index (χ3v) is 3.74. The van der Waals surface area contributed by atoms with E-state index < -0.39 is 0 Å². The lowest BCUT2D eigenvalue weighted by molar-refractivity contribution is 0.573. The van der Waals surface area contributed by atoms with E-state index in [1.165, 1.54) is 0 Å². The molecule has 0 aliphatic carbocycles. The second kappa shape index (κ2) is 5.79. The van der Waals surface area contributed by atoms with Crippen molar-refractivity contribution in [2.24, 2.45) is 7.05 Å². The third-order valence-electron chi connectivity index (χ3n) is 3.45. The third kappa shape index (κ3) is 2.62. The van der Waals surface area contributed by atoms with Gasteiger partial charge in [-0.05, 0) is 24.2 Å². The Kier molecular flexibility index (Phi) is 3.86. The number of aromatic nitrogens is 4. The molecule has 1 unspecified atom stereocenters. The standard InChI is InChI=1S/C15H16ClN5/c1-3-17-14(15-11(16)9-20-21(15)2)10-4-5-12-13(8-10)19-7-6-18-12/h4-9,14,17H,3H2,1-2H3. The highest BCUT2D eigenvalue weighted by Crippen LogP contribution is 2.28. The van der Waals surface area contributed by atoms with Crippen molar-refractivity contribution < 1.29 is 0 Å². The van der Waals surface area contributed by atoms with Gasteiger partial charge in [0.05, 0.1) is 34.0 Å². The van der Waals surface area contributed by atoms with Gasteiger partial charge in [-0.25, -0.2) is 0 Å². The second-order valence-electron chi connectivity index (χ2n) is 4.80. The van der Waals surface area contributed by atoms with E-state index in [1.54, 1.807) is 23.3 Å². The Hall–Kier alpha value is -1.98. The van der Waals surface area contributed by atoms with Crippen molar-refractivity contribution in [3.63, 3.8) is 0 Å². The molecule has 0 aliphatic rings. The molecule has 0 radical (unpaired) electrons. The lowest BCUT2D eigenvalue weighted by Crippen LogP contribution is -2.24. The predicted octanol–water partition coefficient (Wildman–Crippen LogP) is 2.72. The van der Waals surface area contributed by atoms with Crippen LogP contribution >= 0.6 is 11.6 Å². The summed E-state index contributed by atoms with van der Waals surface area (Å²) in [6.07, 6.45) is 5.06. The average molecular weight is 302 g/mol. The first-order chi connectivity index (χ1) is 10.2. The zero-order valence-corrected chi connectivity index (χ0v) is 12.7. The first-order valence-electron chi connectivity index (χ1n) is 6.82. The molecule has 2 aromatic heterocycles. The van der Waals surface area contributed by atoms with Crippen molar-refractivity contribution in [3.8, 4) is 0 Å². The molecule has 108 valence electrons. The minimum absolute atomic E-state index is 0.0265. The molecule has 0 saturated carbocycles. The van der Waals surface area contributed by atoms with Crippen LogP contribution in [0.3, 0.4) is 0 Å². The van der Waals surface area contributed by atoms with Crippen molar-refractivity contribution in [2.75, 3.05) is 6.54 Å². The Morgan fingerprint density at radius 2 is 2.00 bits per heavy atom. The van der Waals surface area contributed by atoms with Crippen LogP contribution in [0.5, 0.6) is 0 Å². The monoisotopic (exact) mass is 301 g/mol. The van der Waals surface area contributed by atoms with Gasteiger partial charge in [-0.3, -0.25) is 14.6 Å². The summed E-state index contributed by atoms with van der Waals surface area (Å²) in [5, 5.41) is 8.33. The first kappa shape index (κ1) is 14.0. The molecule has 0 amide bonds. The molecule has 6 heteroatoms. The topological polar surface area (TPSA) is 55.6 Å². The quantitative estimate of drug-likeness (QED) is 0.805. The minimum atomic E-state index is -0.0265. The summed E-state index contributed by atoms with van der Waals surface area (Å²) in [5.41, 5.74) is 3.79. The van der Waals surface area contributed by atoms with Crippen LogP contribution in [0.1, 0.15) is 24.2 Å². The van der Waals surface area contributed by atoms with Crippen LogP contribution in [0.15, 0.2) is 36.8 Å². The van der Waals surface area contributed by atoms with Gasteiger partial charge in [0.25, 0.3) is 0 Å². The molecule has 0 saturated heterocycles. The Balaban J connectivity index is 2.11.